The number of hydrogen-bond acceptors (Lipinski definition) is 4. The van der Waals surface area contributed by atoms with Crippen molar-refractivity contribution in [2.75, 3.05) is 0 Å². The molecule has 0 aromatic heterocycles. The molecule has 0 N–H and O–H groups in total. The number of aliphatic imine (C=N–C) groups is 1. The van der Waals surface area contributed by atoms with Gasteiger partial charge < -0.3 is 0 Å². The van der Waals surface area contributed by atoms with E-state index in [0.717, 1.165) is 31.8 Å². The lowest BCUT2D eigenvalue weighted by Crippen LogP contribution is -1.90. The molecule has 3 rings (SSSR count). The van der Waals surface area contributed by atoms with E-state index >= 15 is 0 Å². The Bertz CT molecular complexity index is 841. The molecule has 122 valence electrons. The maximum absolute atomic E-state index is 12.2. The highest BCUT2D eigenvalue weighted by molar-refractivity contribution is 8.45. The van der Waals surface area contributed by atoms with Gasteiger partial charge in [-0.25, -0.2) is 4.99 Å². The predicted octanol–water partition coefficient (Wildman–Crippen LogP) is 5.86. The fourth-order valence-electron chi connectivity index (χ4n) is 2.24. The predicted molar refractivity (Wildman–Crippen MR) is 107 cm³/mol. The summed E-state index contributed by atoms with van der Waals surface area (Å²) >= 11 is 8.67. The molecule has 2 nitrogen and oxygen atoms in total. The van der Waals surface area contributed by atoms with Crippen LogP contribution in [0.3, 0.4) is 0 Å². The fraction of sp³-hybridized carbons (Fsp3) is 0.158. The standard InChI is InChI=1S/C19H16ClNOS2/c1-12-3-4-13(2)15(9-12)10-17-18(22)24-19(21-17)23-11-14-5-7-16(20)8-6-14/h3-10H,11H2,1-2H3. The van der Waals surface area contributed by atoms with Crippen LogP contribution in [0.2, 0.25) is 5.02 Å². The van der Waals surface area contributed by atoms with E-state index in [4.69, 9.17) is 11.6 Å². The fourth-order valence-corrected chi connectivity index (χ4v) is 4.16. The number of carbonyl (C=O) groups excluding carboxylic acids is 1. The second-order valence-electron chi connectivity index (χ2n) is 5.57. The molecular weight excluding hydrogens is 358 g/mol. The van der Waals surface area contributed by atoms with E-state index in [-0.39, 0.29) is 5.12 Å². The number of rotatable bonds is 3. The average molecular weight is 374 g/mol. The van der Waals surface area contributed by atoms with Gasteiger partial charge in [0.25, 0.3) is 0 Å². The van der Waals surface area contributed by atoms with Crippen LogP contribution >= 0.6 is 35.1 Å². The van der Waals surface area contributed by atoms with Crippen LogP contribution in [0.15, 0.2) is 53.2 Å². The highest BCUT2D eigenvalue weighted by Gasteiger charge is 2.22. The summed E-state index contributed by atoms with van der Waals surface area (Å²) in [5, 5.41) is 0.736. The third-order valence-electron chi connectivity index (χ3n) is 3.60. The molecule has 5 heteroatoms. The molecule has 0 saturated heterocycles. The minimum absolute atomic E-state index is 0.00881. The zero-order chi connectivity index (χ0) is 17.1. The Hall–Kier alpha value is -1.49. The van der Waals surface area contributed by atoms with Gasteiger partial charge in [-0.3, -0.25) is 4.79 Å². The molecule has 0 aliphatic carbocycles. The molecule has 2 aromatic carbocycles. The summed E-state index contributed by atoms with van der Waals surface area (Å²) in [6.07, 6.45) is 1.88. The Balaban J connectivity index is 1.74. The van der Waals surface area contributed by atoms with Gasteiger partial charge in [-0.1, -0.05) is 59.3 Å². The molecule has 1 aliphatic heterocycles. The zero-order valence-electron chi connectivity index (χ0n) is 13.4. The van der Waals surface area contributed by atoms with Crippen molar-refractivity contribution in [3.63, 3.8) is 0 Å². The van der Waals surface area contributed by atoms with Crippen LogP contribution in [0.4, 0.5) is 0 Å². The smallest absolute Gasteiger partial charge is 0.244 e. The Morgan fingerprint density at radius 1 is 1.17 bits per heavy atom. The SMILES string of the molecule is Cc1ccc(C)c(C=C2N=C(SCc3ccc(Cl)cc3)SC2=O)c1. The monoisotopic (exact) mass is 373 g/mol. The molecule has 24 heavy (non-hydrogen) atoms. The third kappa shape index (κ3) is 4.32. The van der Waals surface area contributed by atoms with Gasteiger partial charge in [0.15, 0.2) is 0 Å². The van der Waals surface area contributed by atoms with Gasteiger partial charge in [-0.15, -0.1) is 0 Å². The summed E-state index contributed by atoms with van der Waals surface area (Å²) in [5.74, 6) is 0.771. The molecule has 0 unspecified atom stereocenters. The van der Waals surface area contributed by atoms with Gasteiger partial charge in [-0.05, 0) is 60.5 Å². The minimum atomic E-state index is 0.00881. The maximum atomic E-state index is 12.2. The van der Waals surface area contributed by atoms with Crippen LogP contribution < -0.4 is 0 Å². The lowest BCUT2D eigenvalue weighted by Gasteiger charge is -2.02. The summed E-state index contributed by atoms with van der Waals surface area (Å²) in [6, 6.07) is 13.9. The number of thioether (sulfide) groups is 2. The van der Waals surface area contributed by atoms with Crippen molar-refractivity contribution in [3.05, 3.63) is 75.4 Å². The average Bonchev–Trinajstić information content (AvgIpc) is 2.90. The molecule has 0 saturated carbocycles. The molecule has 0 spiro atoms. The normalized spacial score (nSPS) is 15.9. The number of hydrogen-bond donors (Lipinski definition) is 0. The number of aryl methyl sites for hydroxylation is 2. The summed E-state index contributed by atoms with van der Waals surface area (Å²) in [6.45, 7) is 4.08. The van der Waals surface area contributed by atoms with Crippen molar-refractivity contribution in [1.82, 2.24) is 0 Å². The largest absolute Gasteiger partial charge is 0.279 e. The Kier molecular flexibility index (Phi) is 5.49. The Morgan fingerprint density at radius 3 is 2.67 bits per heavy atom. The first-order valence-corrected chi connectivity index (χ1v) is 9.66. The highest BCUT2D eigenvalue weighted by Crippen LogP contribution is 2.33. The van der Waals surface area contributed by atoms with E-state index < -0.39 is 0 Å². The molecule has 0 bridgehead atoms. The summed E-state index contributed by atoms with van der Waals surface area (Å²) in [4.78, 5) is 16.7. The molecule has 0 radical (unpaired) electrons. The summed E-state index contributed by atoms with van der Waals surface area (Å²) in [5.41, 5.74) is 5.04. The van der Waals surface area contributed by atoms with Crippen LogP contribution in [0.5, 0.6) is 0 Å². The van der Waals surface area contributed by atoms with Gasteiger partial charge in [0.2, 0.25) is 5.12 Å². The van der Waals surface area contributed by atoms with E-state index in [1.165, 1.54) is 17.3 Å². The van der Waals surface area contributed by atoms with Gasteiger partial charge in [0, 0.05) is 10.8 Å². The van der Waals surface area contributed by atoms with Crippen LogP contribution in [-0.4, -0.2) is 9.49 Å². The molecule has 1 heterocycles. The van der Waals surface area contributed by atoms with Crippen LogP contribution in [0.1, 0.15) is 22.3 Å². The van der Waals surface area contributed by atoms with Gasteiger partial charge in [-0.2, -0.15) is 0 Å². The number of benzene rings is 2. The quantitative estimate of drug-likeness (QED) is 0.631. The maximum Gasteiger partial charge on any atom is 0.244 e. The van der Waals surface area contributed by atoms with Crippen molar-refractivity contribution in [2.45, 2.75) is 19.6 Å². The summed E-state index contributed by atoms with van der Waals surface area (Å²) < 4.78 is 0.798. The topological polar surface area (TPSA) is 29.4 Å². The second-order valence-corrected chi connectivity index (χ2v) is 8.19. The lowest BCUT2D eigenvalue weighted by molar-refractivity contribution is -0.107. The van der Waals surface area contributed by atoms with Crippen molar-refractivity contribution < 1.29 is 4.79 Å². The highest BCUT2D eigenvalue weighted by atomic mass is 35.5. The molecule has 0 atom stereocenters. The minimum Gasteiger partial charge on any atom is -0.279 e. The van der Waals surface area contributed by atoms with E-state index in [2.05, 4.69) is 23.2 Å². The van der Waals surface area contributed by atoms with Crippen LogP contribution in [0, 0.1) is 13.8 Å². The molecule has 1 aliphatic rings. The Morgan fingerprint density at radius 2 is 1.92 bits per heavy atom. The van der Waals surface area contributed by atoms with Crippen molar-refractivity contribution in [2.24, 2.45) is 4.99 Å². The van der Waals surface area contributed by atoms with Crippen LogP contribution in [0.25, 0.3) is 6.08 Å². The van der Waals surface area contributed by atoms with E-state index in [9.17, 15) is 4.79 Å². The first kappa shape index (κ1) is 17.3. The number of carbonyl (C=O) groups is 1. The van der Waals surface area contributed by atoms with Crippen molar-refractivity contribution in [1.29, 1.82) is 0 Å². The van der Waals surface area contributed by atoms with E-state index in [1.807, 2.05) is 44.2 Å². The third-order valence-corrected chi connectivity index (χ3v) is 5.94. The number of nitrogens with zero attached hydrogens (tertiary/aromatic N) is 1. The molecule has 2 aromatic rings. The molecule has 0 amide bonds. The van der Waals surface area contributed by atoms with Gasteiger partial charge in [0.1, 0.15) is 10.1 Å². The molecule has 0 fully saturated rings. The van der Waals surface area contributed by atoms with Crippen molar-refractivity contribution >= 4 is 50.7 Å². The summed E-state index contributed by atoms with van der Waals surface area (Å²) in [7, 11) is 0. The van der Waals surface area contributed by atoms with E-state index in [1.54, 1.807) is 11.8 Å². The van der Waals surface area contributed by atoms with E-state index in [0.29, 0.717) is 5.70 Å². The Labute approximate surface area is 155 Å². The first-order valence-electron chi connectivity index (χ1n) is 7.48. The second kappa shape index (κ2) is 7.60. The first-order chi connectivity index (χ1) is 11.5. The van der Waals surface area contributed by atoms with Gasteiger partial charge >= 0.3 is 0 Å². The number of halogens is 1. The van der Waals surface area contributed by atoms with Crippen molar-refractivity contribution in [3.8, 4) is 0 Å². The zero-order valence-corrected chi connectivity index (χ0v) is 15.8. The van der Waals surface area contributed by atoms with Gasteiger partial charge in [0.05, 0.1) is 0 Å². The van der Waals surface area contributed by atoms with Crippen LogP contribution in [-0.2, 0) is 10.5 Å². The molecular formula is C19H16ClNOS2. The lowest BCUT2D eigenvalue weighted by atomic mass is 10.0.